The van der Waals surface area contributed by atoms with Gasteiger partial charge in [0.15, 0.2) is 4.98 Å². The fourth-order valence-corrected chi connectivity index (χ4v) is 0.364. The Morgan fingerprint density at radius 3 is 2.36 bits per heavy atom. The molecule has 0 bridgehead atoms. The monoisotopic (exact) mass is 161 g/mol. The summed E-state index contributed by atoms with van der Waals surface area (Å²) in [7, 11) is 2.19. The number of aliphatic hydroxyl groups excluding tert-OH is 1. The van der Waals surface area contributed by atoms with Crippen LogP contribution in [-0.2, 0) is 14.3 Å². The molecule has 0 saturated heterocycles. The van der Waals surface area contributed by atoms with Crippen molar-refractivity contribution in [3.8, 4) is 0 Å². The van der Waals surface area contributed by atoms with E-state index in [2.05, 4.69) is 14.4 Å². The highest BCUT2D eigenvalue weighted by Gasteiger charge is 2.31. The summed E-state index contributed by atoms with van der Waals surface area (Å²) < 4.78 is 8.34. The van der Waals surface area contributed by atoms with Crippen molar-refractivity contribution in [3.05, 3.63) is 16.6 Å². The van der Waals surface area contributed by atoms with E-state index >= 15 is 0 Å². The number of ether oxygens (including phenoxy) is 2. The van der Waals surface area contributed by atoms with Crippen LogP contribution >= 0.6 is 0 Å². The summed E-state index contributed by atoms with van der Waals surface area (Å²) in [6, 6.07) is 0. The first-order valence-corrected chi connectivity index (χ1v) is 2.58. The van der Waals surface area contributed by atoms with Gasteiger partial charge in [0.1, 0.15) is 0 Å². The van der Waals surface area contributed by atoms with E-state index in [9.17, 15) is 4.79 Å². The Kier molecular flexibility index (Phi) is 3.45. The van der Waals surface area contributed by atoms with Crippen LogP contribution in [-0.4, -0.2) is 25.3 Å². The normalized spacial score (nSPS) is 11.0. The number of hydrogen-bond acceptors (Lipinski definition) is 5. The molecule has 0 aliphatic heterocycles. The van der Waals surface area contributed by atoms with Crippen LogP contribution in [0.4, 0.5) is 0 Å². The second-order valence-electron chi connectivity index (χ2n) is 1.45. The summed E-state index contributed by atoms with van der Waals surface area (Å²) in [5.41, 5.74) is -0.671. The van der Waals surface area contributed by atoms with E-state index in [0.29, 0.717) is 0 Å². The first-order valence-electron chi connectivity index (χ1n) is 2.58. The van der Waals surface area contributed by atoms with Gasteiger partial charge < -0.3 is 14.6 Å². The van der Waals surface area contributed by atoms with E-state index in [1.807, 2.05) is 0 Å². The Morgan fingerprint density at radius 1 is 1.55 bits per heavy atom. The molecule has 0 heterocycles. The molecule has 0 fully saturated rings. The Morgan fingerprint density at radius 2 is 2.09 bits per heavy atom. The molecule has 0 aliphatic rings. The van der Waals surface area contributed by atoms with Gasteiger partial charge in [-0.25, -0.2) is 4.79 Å². The van der Waals surface area contributed by atoms with E-state index in [0.717, 1.165) is 14.2 Å². The summed E-state index contributed by atoms with van der Waals surface area (Å²) in [5.74, 6) is -1.77. The lowest BCUT2D eigenvalue weighted by Crippen LogP contribution is -2.05. The molecule has 0 amide bonds. The standard InChI is InChI=1S/C5H6N2O4/c1-10-4(8)3(7-6)5(9)11-2/h1-2H3/p+1/i3+2. The van der Waals surface area contributed by atoms with Gasteiger partial charge in [0.05, 0.1) is 14.2 Å². The lowest BCUT2D eigenvalue weighted by Gasteiger charge is -1.91. The Balaban J connectivity index is 4.69. The molecule has 0 aliphatic carbocycles. The van der Waals surface area contributed by atoms with Gasteiger partial charge in [0.25, 0.3) is 0 Å². The van der Waals surface area contributed by atoms with E-state index in [1.165, 1.54) is 0 Å². The lowest BCUT2D eigenvalue weighted by atomic mass is 11.0. The van der Waals surface area contributed by atoms with E-state index < -0.39 is 17.6 Å². The second kappa shape index (κ2) is 4.11. The highest BCUT2D eigenvalue weighted by molar-refractivity contribution is 5.90. The number of carbonyl (C=O) groups excluding carboxylic acids is 1. The van der Waals surface area contributed by atoms with Crippen molar-refractivity contribution in [1.82, 2.24) is 0 Å². The maximum Gasteiger partial charge on any atom is 0.547 e. The minimum atomic E-state index is -0.980. The minimum absolute atomic E-state index is 0.671. The first kappa shape index (κ1) is 9.23. The number of diazo groups is 1. The molecule has 0 aromatic carbocycles. The van der Waals surface area contributed by atoms with Crippen LogP contribution < -0.4 is 0 Å². The molecule has 0 aromatic rings. The summed E-state index contributed by atoms with van der Waals surface area (Å²) >= 11 is 0. The maximum absolute atomic E-state index is 10.6. The molecule has 0 atom stereocenters. The fourth-order valence-electron chi connectivity index (χ4n) is 0.364. The largest absolute Gasteiger partial charge is 0.547 e. The van der Waals surface area contributed by atoms with Gasteiger partial charge in [0.2, 0.25) is 5.39 Å². The number of esters is 1. The van der Waals surface area contributed by atoms with Crippen molar-refractivity contribution in [2.45, 2.75) is 0 Å². The van der Waals surface area contributed by atoms with Gasteiger partial charge in [0, 0.05) is 0 Å². The molecule has 0 unspecified atom stereocenters. The van der Waals surface area contributed by atoms with Gasteiger partial charge in [-0.05, 0) is 0 Å². The van der Waals surface area contributed by atoms with Crippen LogP contribution in [0.1, 0.15) is 0 Å². The Hall–Kier alpha value is -1.77. The highest BCUT2D eigenvalue weighted by Crippen LogP contribution is 2.05. The predicted octanol–water partition coefficient (Wildman–Crippen LogP) is 0.386. The molecule has 1 N–H and O–H groups in total. The van der Waals surface area contributed by atoms with Crippen molar-refractivity contribution in [2.75, 3.05) is 14.2 Å². The van der Waals surface area contributed by atoms with Gasteiger partial charge >= 0.3 is 17.6 Å². The van der Waals surface area contributed by atoms with Gasteiger partial charge in [-0.15, -0.1) is 0 Å². The molecule has 0 saturated carbocycles. The minimum Gasteiger partial charge on any atom is -0.475 e. The predicted molar refractivity (Wildman–Crippen MR) is 33.8 cm³/mol. The molecule has 0 radical (unpaired) electrons. The SMILES string of the molecule is COC(=O)/[14C]([N+]#N)=C(/O)OC. The molecular weight excluding hydrogens is 154 g/mol. The third-order valence-corrected chi connectivity index (χ3v) is 0.875. The third kappa shape index (κ3) is 2.14. The van der Waals surface area contributed by atoms with Crippen molar-refractivity contribution in [1.29, 1.82) is 5.39 Å². The van der Waals surface area contributed by atoms with E-state index in [-0.39, 0.29) is 0 Å². The van der Waals surface area contributed by atoms with Crippen molar-refractivity contribution < 1.29 is 19.4 Å². The van der Waals surface area contributed by atoms with E-state index in [4.69, 9.17) is 10.5 Å². The zero-order chi connectivity index (χ0) is 8.85. The second-order valence-corrected chi connectivity index (χ2v) is 1.45. The maximum atomic E-state index is 10.6. The summed E-state index contributed by atoms with van der Waals surface area (Å²) in [6.07, 6.45) is 0. The molecule has 60 valence electrons. The fraction of sp³-hybridized carbons (Fsp3) is 0.400. The number of methoxy groups -OCH3 is 2. The average Bonchev–Trinajstić information content (AvgIpc) is 2.05. The number of nitrogens with zero attached hydrogens (tertiary/aromatic N) is 2. The Bertz CT molecular complexity index is 227. The summed E-state index contributed by atoms with van der Waals surface area (Å²) in [6.45, 7) is 0. The molecular formula is C5H7N2O4+. The smallest absolute Gasteiger partial charge is 0.475 e. The molecule has 0 spiro atoms. The molecule has 11 heavy (non-hydrogen) atoms. The molecule has 0 rings (SSSR count). The molecule has 6 heteroatoms. The zero-order valence-electron chi connectivity index (χ0n) is 6.07. The zero-order valence-corrected chi connectivity index (χ0v) is 6.07. The number of carbonyl (C=O) groups is 1. The van der Waals surface area contributed by atoms with Crippen molar-refractivity contribution in [3.63, 3.8) is 0 Å². The van der Waals surface area contributed by atoms with Crippen molar-refractivity contribution in [2.24, 2.45) is 0 Å². The van der Waals surface area contributed by atoms with Crippen LogP contribution in [0.2, 0.25) is 0 Å². The van der Waals surface area contributed by atoms with E-state index in [1.54, 1.807) is 0 Å². The van der Waals surface area contributed by atoms with Gasteiger partial charge in [-0.2, -0.15) is 0 Å². The molecule has 6 nitrogen and oxygen atoms in total. The lowest BCUT2D eigenvalue weighted by molar-refractivity contribution is -0.136. The van der Waals surface area contributed by atoms with Crippen LogP contribution in [0.5, 0.6) is 0 Å². The summed E-state index contributed by atoms with van der Waals surface area (Å²) in [5, 5.41) is 16.9. The van der Waals surface area contributed by atoms with Crippen LogP contribution in [0.3, 0.4) is 0 Å². The highest BCUT2D eigenvalue weighted by atomic mass is 16.6. The third-order valence-electron chi connectivity index (χ3n) is 0.875. The topological polar surface area (TPSA) is 83.9 Å². The van der Waals surface area contributed by atoms with Gasteiger partial charge in [-0.3, -0.25) is 0 Å². The van der Waals surface area contributed by atoms with Crippen molar-refractivity contribution >= 4 is 5.97 Å². The number of aliphatic hydroxyl groups is 1. The van der Waals surface area contributed by atoms with Gasteiger partial charge in [-0.1, -0.05) is 0 Å². The van der Waals surface area contributed by atoms with Crippen LogP contribution in [0.15, 0.2) is 11.6 Å². The quantitative estimate of drug-likeness (QED) is 0.274. The molecule has 0 aromatic heterocycles. The van der Waals surface area contributed by atoms with Crippen LogP contribution in [0, 0.1) is 5.39 Å². The average molecular weight is 161 g/mol. The number of hydrogen-bond donors (Lipinski definition) is 1. The number of rotatable bonds is 2. The van der Waals surface area contributed by atoms with Crippen LogP contribution in [0.25, 0.3) is 4.98 Å². The summed E-state index contributed by atoms with van der Waals surface area (Å²) in [4.78, 5) is 13.0. The first-order chi connectivity index (χ1) is 5.17. The Labute approximate surface area is 62.7 Å².